The molecule has 3 aromatic rings. The summed E-state index contributed by atoms with van der Waals surface area (Å²) in [5, 5.41) is 0. The number of hydrogen-bond acceptors (Lipinski definition) is 7. The van der Waals surface area contributed by atoms with Gasteiger partial charge in [0.15, 0.2) is 11.2 Å². The van der Waals surface area contributed by atoms with Crippen LogP contribution in [0.1, 0.15) is 41.5 Å². The quantitative estimate of drug-likeness (QED) is 0.543. The predicted molar refractivity (Wildman–Crippen MR) is 114 cm³/mol. The molecule has 0 atom stereocenters. The second kappa shape index (κ2) is 9.07. The van der Waals surface area contributed by atoms with Crippen LogP contribution in [0.5, 0.6) is 11.5 Å². The number of carbonyl (C=O) groups is 1. The predicted octanol–water partition coefficient (Wildman–Crippen LogP) is 1.91. The maximum absolute atomic E-state index is 12.6. The molecular weight excluding hydrogens is 404 g/mol. The third-order valence-corrected chi connectivity index (χ3v) is 5.16. The number of nitrogens with one attached hydrogen (secondary N) is 1. The van der Waals surface area contributed by atoms with Crippen LogP contribution in [0.15, 0.2) is 21.7 Å². The number of methoxy groups -OCH3 is 2. The highest BCUT2D eigenvalue weighted by molar-refractivity contribution is 5.90. The molecule has 0 bridgehead atoms. The van der Waals surface area contributed by atoms with Gasteiger partial charge in [0.1, 0.15) is 23.9 Å². The van der Waals surface area contributed by atoms with Crippen LogP contribution in [0.2, 0.25) is 0 Å². The first-order valence-electron chi connectivity index (χ1n) is 9.90. The second-order valence-corrected chi connectivity index (χ2v) is 7.11. The summed E-state index contributed by atoms with van der Waals surface area (Å²) in [7, 11) is 4.65. The maximum atomic E-state index is 12.6. The monoisotopic (exact) mass is 430 g/mol. The first-order valence-corrected chi connectivity index (χ1v) is 9.90. The molecule has 0 saturated carbocycles. The van der Waals surface area contributed by atoms with Gasteiger partial charge in [0.2, 0.25) is 0 Å². The fraction of sp³-hybridized carbons (Fsp3) is 0.429. The van der Waals surface area contributed by atoms with E-state index in [1.165, 1.54) is 23.4 Å². The largest absolute Gasteiger partial charge is 0.496 e. The molecule has 3 rings (SSSR count). The number of aromatic amines is 1. The minimum Gasteiger partial charge on any atom is -0.496 e. The first-order chi connectivity index (χ1) is 14.8. The zero-order valence-electron chi connectivity index (χ0n) is 18.3. The fourth-order valence-electron chi connectivity index (χ4n) is 3.36. The first kappa shape index (κ1) is 22.1. The van der Waals surface area contributed by atoms with E-state index in [4.69, 9.17) is 14.2 Å². The van der Waals surface area contributed by atoms with E-state index in [1.807, 2.05) is 13.8 Å². The number of unbranched alkanes of at least 4 members (excludes halogenated alkanes) is 1. The van der Waals surface area contributed by atoms with Crippen LogP contribution in [0, 0.1) is 6.92 Å². The minimum atomic E-state index is -0.596. The normalized spacial score (nSPS) is 11.0. The van der Waals surface area contributed by atoms with Gasteiger partial charge in [-0.15, -0.1) is 0 Å². The van der Waals surface area contributed by atoms with Crippen LogP contribution in [0.4, 0.5) is 0 Å². The van der Waals surface area contributed by atoms with Crippen molar-refractivity contribution in [3.63, 3.8) is 0 Å². The summed E-state index contributed by atoms with van der Waals surface area (Å²) in [4.78, 5) is 43.9. The number of hydrogen-bond donors (Lipinski definition) is 1. The van der Waals surface area contributed by atoms with E-state index in [0.29, 0.717) is 23.9 Å². The van der Waals surface area contributed by atoms with Gasteiger partial charge in [0.05, 0.1) is 19.8 Å². The number of aromatic nitrogens is 4. The van der Waals surface area contributed by atoms with Gasteiger partial charge < -0.3 is 18.8 Å². The number of H-pyrrole nitrogens is 1. The van der Waals surface area contributed by atoms with Gasteiger partial charge in [0.25, 0.3) is 5.56 Å². The molecule has 0 saturated heterocycles. The smallest absolute Gasteiger partial charge is 0.338 e. The summed E-state index contributed by atoms with van der Waals surface area (Å²) in [5.74, 6) is 0.748. The van der Waals surface area contributed by atoms with Crippen LogP contribution in [0.25, 0.3) is 11.2 Å². The van der Waals surface area contributed by atoms with Crippen molar-refractivity contribution in [2.45, 2.75) is 39.8 Å². The number of nitrogens with zero attached hydrogens (tertiary/aromatic N) is 3. The van der Waals surface area contributed by atoms with Crippen molar-refractivity contribution >= 4 is 17.1 Å². The highest BCUT2D eigenvalue weighted by atomic mass is 16.5. The van der Waals surface area contributed by atoms with Crippen molar-refractivity contribution < 1.29 is 19.0 Å². The third-order valence-electron chi connectivity index (χ3n) is 5.16. The van der Waals surface area contributed by atoms with Crippen molar-refractivity contribution in [1.29, 1.82) is 0 Å². The Hall–Kier alpha value is -3.56. The molecule has 1 N–H and O–H groups in total. The highest BCUT2D eigenvalue weighted by Gasteiger charge is 2.19. The van der Waals surface area contributed by atoms with Crippen molar-refractivity contribution in [3.8, 4) is 11.5 Å². The Balaban J connectivity index is 1.92. The second-order valence-electron chi connectivity index (χ2n) is 7.11. The fourth-order valence-corrected chi connectivity index (χ4v) is 3.36. The zero-order valence-corrected chi connectivity index (χ0v) is 18.3. The van der Waals surface area contributed by atoms with E-state index >= 15 is 0 Å². The average molecular weight is 430 g/mol. The number of benzene rings is 1. The van der Waals surface area contributed by atoms with Crippen LogP contribution in [0.3, 0.4) is 0 Å². The number of fused-ring (bicyclic) bond motifs is 1. The molecule has 0 amide bonds. The molecule has 0 fully saturated rings. The molecule has 2 heterocycles. The van der Waals surface area contributed by atoms with Crippen LogP contribution < -0.4 is 20.7 Å². The van der Waals surface area contributed by atoms with Crippen LogP contribution >= 0.6 is 0 Å². The lowest BCUT2D eigenvalue weighted by atomic mass is 10.1. The van der Waals surface area contributed by atoms with Crippen molar-refractivity contribution in [3.05, 3.63) is 49.9 Å². The summed E-state index contributed by atoms with van der Waals surface area (Å²) in [6.07, 6.45) is 1.65. The lowest BCUT2D eigenvalue weighted by molar-refractivity contribution is 0.0459. The summed E-state index contributed by atoms with van der Waals surface area (Å²) in [6, 6.07) is 3.14. The molecule has 2 aromatic heterocycles. The average Bonchev–Trinajstić information content (AvgIpc) is 3.08. The summed E-state index contributed by atoms with van der Waals surface area (Å²) >= 11 is 0. The van der Waals surface area contributed by atoms with E-state index in [1.54, 1.807) is 19.2 Å². The molecule has 0 unspecified atom stereocenters. The summed E-state index contributed by atoms with van der Waals surface area (Å²) in [6.45, 7) is 4.08. The van der Waals surface area contributed by atoms with E-state index in [0.717, 1.165) is 18.4 Å². The Labute approximate surface area is 178 Å². The van der Waals surface area contributed by atoms with Gasteiger partial charge in [-0.25, -0.2) is 14.6 Å². The molecule has 10 nitrogen and oxygen atoms in total. The molecule has 31 heavy (non-hydrogen) atoms. The van der Waals surface area contributed by atoms with Gasteiger partial charge in [-0.1, -0.05) is 13.3 Å². The number of esters is 1. The maximum Gasteiger partial charge on any atom is 0.338 e. The van der Waals surface area contributed by atoms with Crippen molar-refractivity contribution in [2.75, 3.05) is 14.2 Å². The molecule has 0 aliphatic carbocycles. The molecule has 10 heteroatoms. The third kappa shape index (κ3) is 4.18. The number of rotatable bonds is 8. The Morgan fingerprint density at radius 1 is 1.16 bits per heavy atom. The van der Waals surface area contributed by atoms with E-state index in [9.17, 15) is 14.4 Å². The molecule has 0 radical (unpaired) electrons. The molecule has 166 valence electrons. The summed E-state index contributed by atoms with van der Waals surface area (Å²) in [5.41, 5.74) is 0.506. The van der Waals surface area contributed by atoms with E-state index < -0.39 is 17.2 Å². The van der Waals surface area contributed by atoms with E-state index in [-0.39, 0.29) is 23.3 Å². The van der Waals surface area contributed by atoms with E-state index in [2.05, 4.69) is 9.97 Å². The lowest BCUT2D eigenvalue weighted by Gasteiger charge is -2.12. The number of aryl methyl sites for hydroxylation is 2. The SMILES string of the molecule is CCCCn1c(=O)[nH]c(=O)c2c1nc(COC(=O)c1cc(OC)c(C)c(OC)c1)n2C. The Morgan fingerprint density at radius 3 is 2.39 bits per heavy atom. The molecule has 0 aliphatic rings. The lowest BCUT2D eigenvalue weighted by Crippen LogP contribution is -2.31. The van der Waals surface area contributed by atoms with Gasteiger partial charge in [-0.3, -0.25) is 14.3 Å². The molecular formula is C21H26N4O6. The minimum absolute atomic E-state index is 0.177. The highest BCUT2D eigenvalue weighted by Crippen LogP contribution is 2.29. The number of imidazole rings is 1. The number of ether oxygens (including phenoxy) is 3. The topological polar surface area (TPSA) is 117 Å². The molecule has 0 aliphatic heterocycles. The van der Waals surface area contributed by atoms with Crippen LogP contribution in [-0.2, 0) is 24.9 Å². The van der Waals surface area contributed by atoms with Gasteiger partial charge >= 0.3 is 11.7 Å². The van der Waals surface area contributed by atoms with Gasteiger partial charge in [-0.05, 0) is 25.5 Å². The summed E-state index contributed by atoms with van der Waals surface area (Å²) < 4.78 is 19.0. The molecule has 0 spiro atoms. The Morgan fingerprint density at radius 2 is 1.81 bits per heavy atom. The Bertz CT molecular complexity index is 1210. The van der Waals surface area contributed by atoms with Crippen molar-refractivity contribution in [1.82, 2.24) is 19.1 Å². The number of carbonyl (C=O) groups excluding carboxylic acids is 1. The van der Waals surface area contributed by atoms with Gasteiger partial charge in [-0.2, -0.15) is 0 Å². The van der Waals surface area contributed by atoms with Crippen molar-refractivity contribution in [2.24, 2.45) is 7.05 Å². The Kier molecular flexibility index (Phi) is 6.47. The van der Waals surface area contributed by atoms with Crippen LogP contribution in [-0.4, -0.2) is 39.3 Å². The standard InChI is InChI=1S/C21H26N4O6/c1-6-7-8-25-18-17(19(26)23-21(25)28)24(3)16(22-18)11-31-20(27)13-9-14(29-4)12(2)15(10-13)30-5/h9-10H,6-8,11H2,1-5H3,(H,23,26,28). The molecule has 1 aromatic carbocycles. The van der Waals surface area contributed by atoms with Gasteiger partial charge in [0, 0.05) is 19.2 Å². The zero-order chi connectivity index (χ0) is 22.7.